The lowest BCUT2D eigenvalue weighted by Crippen LogP contribution is -2.47. The Morgan fingerprint density at radius 2 is 2.14 bits per heavy atom. The molecule has 0 atom stereocenters. The number of ether oxygens (including phenoxy) is 1. The zero-order valence-corrected chi connectivity index (χ0v) is 14.3. The fourth-order valence-electron chi connectivity index (χ4n) is 2.84. The average molecular weight is 355 g/mol. The fraction of sp³-hybridized carbons (Fsp3) is 0.562. The molecule has 0 unspecified atom stereocenters. The summed E-state index contributed by atoms with van der Waals surface area (Å²) < 4.78 is 6.30. The molecule has 2 rings (SSSR count). The molecule has 0 radical (unpaired) electrons. The van der Waals surface area contributed by atoms with Crippen molar-refractivity contribution in [1.29, 1.82) is 0 Å². The standard InChI is InChI=1S/C16H23BrN2O2/c1-12-3-4-13(17)9-14(12)15(20)19-10-16(11-21-2)5-7-18-8-6-16/h3-4,9,18H,5-8,10-11H2,1-2H3,(H,19,20). The second-order valence-electron chi connectivity index (χ2n) is 5.82. The molecule has 1 fully saturated rings. The highest BCUT2D eigenvalue weighted by Crippen LogP contribution is 2.28. The van der Waals surface area contributed by atoms with E-state index in [2.05, 4.69) is 26.6 Å². The maximum absolute atomic E-state index is 12.4. The molecule has 1 aromatic rings. The van der Waals surface area contributed by atoms with E-state index in [4.69, 9.17) is 4.74 Å². The molecule has 0 bridgehead atoms. The van der Waals surface area contributed by atoms with Gasteiger partial charge >= 0.3 is 0 Å². The first-order chi connectivity index (χ1) is 10.1. The fourth-order valence-corrected chi connectivity index (χ4v) is 3.20. The van der Waals surface area contributed by atoms with Gasteiger partial charge in [0.25, 0.3) is 5.91 Å². The Morgan fingerprint density at radius 3 is 2.81 bits per heavy atom. The Balaban J connectivity index is 2.03. The van der Waals surface area contributed by atoms with Gasteiger partial charge < -0.3 is 15.4 Å². The van der Waals surface area contributed by atoms with Crippen LogP contribution in [0.5, 0.6) is 0 Å². The van der Waals surface area contributed by atoms with Crippen molar-refractivity contribution < 1.29 is 9.53 Å². The van der Waals surface area contributed by atoms with Crippen molar-refractivity contribution in [2.24, 2.45) is 5.41 Å². The van der Waals surface area contributed by atoms with Crippen LogP contribution in [0.2, 0.25) is 0 Å². The molecule has 0 aromatic heterocycles. The number of carbonyl (C=O) groups is 1. The molecule has 1 amide bonds. The maximum Gasteiger partial charge on any atom is 0.251 e. The lowest BCUT2D eigenvalue weighted by Gasteiger charge is -2.37. The van der Waals surface area contributed by atoms with Gasteiger partial charge in [0.15, 0.2) is 0 Å². The molecule has 116 valence electrons. The number of carbonyl (C=O) groups excluding carboxylic acids is 1. The summed E-state index contributed by atoms with van der Waals surface area (Å²) in [7, 11) is 1.73. The Labute approximate surface area is 134 Å². The number of piperidine rings is 1. The zero-order chi connectivity index (χ0) is 15.3. The predicted molar refractivity (Wildman–Crippen MR) is 87.6 cm³/mol. The molecule has 0 saturated carbocycles. The lowest BCUT2D eigenvalue weighted by molar-refractivity contribution is 0.0511. The summed E-state index contributed by atoms with van der Waals surface area (Å²) in [6.07, 6.45) is 2.05. The first kappa shape index (κ1) is 16.5. The van der Waals surface area contributed by atoms with E-state index in [0.29, 0.717) is 13.2 Å². The van der Waals surface area contributed by atoms with Crippen LogP contribution in [0.3, 0.4) is 0 Å². The van der Waals surface area contributed by atoms with Crippen LogP contribution in [0.15, 0.2) is 22.7 Å². The SMILES string of the molecule is COCC1(CNC(=O)c2cc(Br)ccc2C)CCNCC1. The zero-order valence-electron chi connectivity index (χ0n) is 12.7. The van der Waals surface area contributed by atoms with Crippen LogP contribution < -0.4 is 10.6 Å². The quantitative estimate of drug-likeness (QED) is 0.853. The van der Waals surface area contributed by atoms with Gasteiger partial charge in [-0.3, -0.25) is 4.79 Å². The Bertz CT molecular complexity index is 494. The van der Waals surface area contributed by atoms with Crippen molar-refractivity contribution in [2.75, 3.05) is 33.4 Å². The summed E-state index contributed by atoms with van der Waals surface area (Å²) in [6, 6.07) is 5.77. The maximum atomic E-state index is 12.4. The Hall–Kier alpha value is -0.910. The third-order valence-electron chi connectivity index (χ3n) is 4.18. The van der Waals surface area contributed by atoms with Crippen molar-refractivity contribution >= 4 is 21.8 Å². The molecule has 21 heavy (non-hydrogen) atoms. The van der Waals surface area contributed by atoms with E-state index >= 15 is 0 Å². The first-order valence-electron chi connectivity index (χ1n) is 7.30. The van der Waals surface area contributed by atoms with Crippen molar-refractivity contribution in [2.45, 2.75) is 19.8 Å². The van der Waals surface area contributed by atoms with Crippen LogP contribution in [0, 0.1) is 12.3 Å². The van der Waals surface area contributed by atoms with Gasteiger partial charge in [0.1, 0.15) is 0 Å². The number of aryl methyl sites for hydroxylation is 1. The van der Waals surface area contributed by atoms with E-state index in [1.165, 1.54) is 0 Å². The highest BCUT2D eigenvalue weighted by atomic mass is 79.9. The van der Waals surface area contributed by atoms with Crippen molar-refractivity contribution in [1.82, 2.24) is 10.6 Å². The number of benzene rings is 1. The van der Waals surface area contributed by atoms with Gasteiger partial charge in [0.2, 0.25) is 0 Å². The number of nitrogens with one attached hydrogen (secondary N) is 2. The number of amides is 1. The summed E-state index contributed by atoms with van der Waals surface area (Å²) in [5, 5.41) is 6.45. The van der Waals surface area contributed by atoms with Gasteiger partial charge in [-0.05, 0) is 50.6 Å². The predicted octanol–water partition coefficient (Wildman–Crippen LogP) is 2.50. The Kier molecular flexibility index (Phi) is 5.79. The molecule has 1 heterocycles. The number of methoxy groups -OCH3 is 1. The Morgan fingerprint density at radius 1 is 1.43 bits per heavy atom. The van der Waals surface area contributed by atoms with Gasteiger partial charge in [0, 0.05) is 29.1 Å². The molecule has 1 aliphatic heterocycles. The molecular formula is C16H23BrN2O2. The van der Waals surface area contributed by atoms with Gasteiger partial charge in [-0.25, -0.2) is 0 Å². The van der Waals surface area contributed by atoms with Crippen LogP contribution in [-0.2, 0) is 4.74 Å². The van der Waals surface area contributed by atoms with Crippen molar-refractivity contribution in [3.8, 4) is 0 Å². The van der Waals surface area contributed by atoms with E-state index in [9.17, 15) is 4.79 Å². The summed E-state index contributed by atoms with van der Waals surface area (Å²) in [6.45, 7) is 5.26. The van der Waals surface area contributed by atoms with Crippen LogP contribution in [0.1, 0.15) is 28.8 Å². The molecule has 0 aliphatic carbocycles. The largest absolute Gasteiger partial charge is 0.384 e. The third kappa shape index (κ3) is 4.28. The van der Waals surface area contributed by atoms with Crippen molar-refractivity contribution in [3.63, 3.8) is 0 Å². The minimum absolute atomic E-state index is 0.0113. The normalized spacial score (nSPS) is 17.5. The van der Waals surface area contributed by atoms with Gasteiger partial charge in [-0.2, -0.15) is 0 Å². The number of hydrogen-bond donors (Lipinski definition) is 2. The monoisotopic (exact) mass is 354 g/mol. The average Bonchev–Trinajstić information content (AvgIpc) is 2.49. The lowest BCUT2D eigenvalue weighted by atomic mass is 9.79. The minimum atomic E-state index is -0.0113. The van der Waals surface area contributed by atoms with E-state index in [0.717, 1.165) is 41.5 Å². The number of rotatable bonds is 5. The van der Waals surface area contributed by atoms with Crippen LogP contribution >= 0.6 is 15.9 Å². The van der Waals surface area contributed by atoms with E-state index in [1.807, 2.05) is 25.1 Å². The van der Waals surface area contributed by atoms with Crippen LogP contribution in [0.25, 0.3) is 0 Å². The minimum Gasteiger partial charge on any atom is -0.384 e. The molecule has 0 spiro atoms. The summed E-state index contributed by atoms with van der Waals surface area (Å²) >= 11 is 3.42. The molecule has 2 N–H and O–H groups in total. The second-order valence-corrected chi connectivity index (χ2v) is 6.74. The summed E-state index contributed by atoms with van der Waals surface area (Å²) in [4.78, 5) is 12.4. The van der Waals surface area contributed by atoms with Gasteiger partial charge in [0.05, 0.1) is 6.61 Å². The third-order valence-corrected chi connectivity index (χ3v) is 4.68. The molecule has 1 saturated heterocycles. The molecule has 1 aliphatic rings. The summed E-state index contributed by atoms with van der Waals surface area (Å²) in [5.74, 6) is -0.0113. The topological polar surface area (TPSA) is 50.4 Å². The summed E-state index contributed by atoms with van der Waals surface area (Å²) in [5.41, 5.74) is 1.77. The molecule has 4 nitrogen and oxygen atoms in total. The molecular weight excluding hydrogens is 332 g/mol. The number of halogens is 1. The van der Waals surface area contributed by atoms with Gasteiger partial charge in [-0.15, -0.1) is 0 Å². The molecule has 1 aromatic carbocycles. The number of hydrogen-bond acceptors (Lipinski definition) is 3. The highest BCUT2D eigenvalue weighted by molar-refractivity contribution is 9.10. The van der Waals surface area contributed by atoms with Crippen molar-refractivity contribution in [3.05, 3.63) is 33.8 Å². The van der Waals surface area contributed by atoms with E-state index in [-0.39, 0.29) is 11.3 Å². The highest BCUT2D eigenvalue weighted by Gasteiger charge is 2.32. The van der Waals surface area contributed by atoms with Crippen LogP contribution in [0.4, 0.5) is 0 Å². The van der Waals surface area contributed by atoms with E-state index in [1.54, 1.807) is 7.11 Å². The second kappa shape index (κ2) is 7.38. The molecule has 5 heteroatoms. The van der Waals surface area contributed by atoms with Crippen LogP contribution in [-0.4, -0.2) is 39.3 Å². The van der Waals surface area contributed by atoms with E-state index < -0.39 is 0 Å². The van der Waals surface area contributed by atoms with Gasteiger partial charge in [-0.1, -0.05) is 22.0 Å². The first-order valence-corrected chi connectivity index (χ1v) is 8.10. The smallest absolute Gasteiger partial charge is 0.251 e.